The van der Waals surface area contributed by atoms with Crippen molar-refractivity contribution in [3.63, 3.8) is 0 Å². The third-order valence-corrected chi connectivity index (χ3v) is 3.92. The largest absolute Gasteiger partial charge is 0.434 e. The number of hydrogen-bond acceptors (Lipinski definition) is 8. The fourth-order valence-electron chi connectivity index (χ4n) is 1.83. The molecule has 2 rings (SSSR count). The molecule has 0 atom stereocenters. The Balaban J connectivity index is 2.13. The molecule has 3 N–H and O–H groups in total. The molecule has 0 radical (unpaired) electrons. The summed E-state index contributed by atoms with van der Waals surface area (Å²) in [7, 11) is -4.09. The van der Waals surface area contributed by atoms with Crippen LogP contribution < -0.4 is 10.6 Å². The highest BCUT2D eigenvalue weighted by Crippen LogP contribution is 2.27. The molecule has 0 aromatic heterocycles. The Bertz CT molecular complexity index is 715. The van der Waals surface area contributed by atoms with Gasteiger partial charge in [0.05, 0.1) is 23.0 Å². The van der Waals surface area contributed by atoms with Gasteiger partial charge in [-0.3, -0.25) is 10.1 Å². The highest BCUT2D eigenvalue weighted by molar-refractivity contribution is 7.89. The third kappa shape index (κ3) is 4.28. The number of nitrogens with two attached hydrogens (primary N) is 1. The van der Waals surface area contributed by atoms with Crippen LogP contribution in [-0.2, 0) is 19.6 Å². The van der Waals surface area contributed by atoms with Gasteiger partial charge in [-0.25, -0.2) is 23.8 Å². The fraction of sp³-hybridized carbons (Fsp3) is 0.364. The molecule has 0 unspecified atom stereocenters. The number of rotatable bonds is 4. The van der Waals surface area contributed by atoms with E-state index in [1.54, 1.807) is 0 Å². The van der Waals surface area contributed by atoms with Crippen LogP contribution in [0.1, 0.15) is 0 Å². The first-order valence-electron chi connectivity index (χ1n) is 6.40. The van der Waals surface area contributed by atoms with E-state index in [1.165, 1.54) is 4.90 Å². The predicted octanol–water partition coefficient (Wildman–Crippen LogP) is 0.0379. The monoisotopic (exact) mass is 346 g/mol. The van der Waals surface area contributed by atoms with Crippen LogP contribution in [0.15, 0.2) is 23.1 Å². The Morgan fingerprint density at radius 1 is 1.39 bits per heavy atom. The van der Waals surface area contributed by atoms with Crippen LogP contribution in [0.3, 0.4) is 0 Å². The van der Waals surface area contributed by atoms with Gasteiger partial charge in [0.1, 0.15) is 5.69 Å². The minimum absolute atomic E-state index is 0.177. The molecule has 0 saturated carbocycles. The number of carbonyl (C=O) groups excluding carboxylic acids is 1. The molecule has 0 spiro atoms. The van der Waals surface area contributed by atoms with Crippen molar-refractivity contribution in [1.82, 2.24) is 4.90 Å². The number of sulfonamides is 1. The Morgan fingerprint density at radius 2 is 2.04 bits per heavy atom. The van der Waals surface area contributed by atoms with Crippen LogP contribution in [0, 0.1) is 10.1 Å². The second-order valence-corrected chi connectivity index (χ2v) is 6.11. The highest BCUT2D eigenvalue weighted by Gasteiger charge is 2.22. The summed E-state index contributed by atoms with van der Waals surface area (Å²) in [6, 6.07) is 2.93. The molecule has 1 fully saturated rings. The van der Waals surface area contributed by atoms with E-state index in [4.69, 9.17) is 14.7 Å². The third-order valence-electron chi connectivity index (χ3n) is 3.01. The molecule has 11 nitrogen and oxygen atoms in total. The van der Waals surface area contributed by atoms with Crippen molar-refractivity contribution in [3.8, 4) is 0 Å². The summed E-state index contributed by atoms with van der Waals surface area (Å²) < 4.78 is 27.5. The number of nitrogens with one attached hydrogen (secondary N) is 1. The number of anilines is 1. The van der Waals surface area contributed by atoms with Gasteiger partial charge in [-0.1, -0.05) is 0 Å². The quantitative estimate of drug-likeness (QED) is 0.572. The highest BCUT2D eigenvalue weighted by atomic mass is 32.2. The topological polar surface area (TPSA) is 154 Å². The molecule has 0 bridgehead atoms. The van der Waals surface area contributed by atoms with E-state index in [-0.39, 0.29) is 5.69 Å². The molecule has 1 aliphatic rings. The van der Waals surface area contributed by atoms with Crippen molar-refractivity contribution in [1.29, 1.82) is 0 Å². The number of amides is 1. The van der Waals surface area contributed by atoms with Crippen LogP contribution in [0.4, 0.5) is 16.2 Å². The van der Waals surface area contributed by atoms with E-state index in [0.717, 1.165) is 18.2 Å². The molecule has 126 valence electrons. The van der Waals surface area contributed by atoms with Crippen molar-refractivity contribution < 1.29 is 27.7 Å². The normalized spacial score (nSPS) is 15.1. The van der Waals surface area contributed by atoms with Gasteiger partial charge in [0.2, 0.25) is 10.0 Å². The number of primary sulfonamides is 1. The van der Waals surface area contributed by atoms with Gasteiger partial charge in [-0.15, -0.1) is 0 Å². The number of nitrogens with zero attached hydrogens (tertiary/aromatic N) is 2. The van der Waals surface area contributed by atoms with Gasteiger partial charge in [0, 0.05) is 19.2 Å². The lowest BCUT2D eigenvalue weighted by molar-refractivity contribution is -0.384. The van der Waals surface area contributed by atoms with Gasteiger partial charge in [0.25, 0.3) is 5.69 Å². The van der Waals surface area contributed by atoms with Gasteiger partial charge in [0.15, 0.2) is 0 Å². The van der Waals surface area contributed by atoms with Gasteiger partial charge < -0.3 is 14.5 Å². The second kappa shape index (κ2) is 6.76. The molecule has 1 heterocycles. The summed E-state index contributed by atoms with van der Waals surface area (Å²) in [4.78, 5) is 27.7. The van der Waals surface area contributed by atoms with E-state index in [9.17, 15) is 23.3 Å². The Kier molecular flexibility index (Phi) is 4.98. The maximum atomic E-state index is 11.8. The van der Waals surface area contributed by atoms with Crippen LogP contribution in [0.5, 0.6) is 0 Å². The summed E-state index contributed by atoms with van der Waals surface area (Å²) in [5, 5.41) is 15.9. The van der Waals surface area contributed by atoms with E-state index >= 15 is 0 Å². The zero-order valence-electron chi connectivity index (χ0n) is 11.8. The fourth-order valence-corrected chi connectivity index (χ4v) is 2.37. The minimum atomic E-state index is -4.09. The lowest BCUT2D eigenvalue weighted by atomic mass is 10.3. The van der Waals surface area contributed by atoms with Crippen molar-refractivity contribution >= 4 is 27.5 Å². The molecule has 0 aliphatic carbocycles. The van der Waals surface area contributed by atoms with Crippen molar-refractivity contribution in [2.24, 2.45) is 5.14 Å². The first-order valence-corrected chi connectivity index (χ1v) is 7.94. The average Bonchev–Trinajstić information content (AvgIpc) is 2.52. The number of benzene rings is 1. The summed E-state index contributed by atoms with van der Waals surface area (Å²) in [5.74, 6) is 0. The summed E-state index contributed by atoms with van der Waals surface area (Å²) >= 11 is 0. The molecule has 1 saturated heterocycles. The Labute approximate surface area is 131 Å². The Morgan fingerprint density at radius 3 is 2.61 bits per heavy atom. The van der Waals surface area contributed by atoms with Gasteiger partial charge in [-0.05, 0) is 12.1 Å². The van der Waals surface area contributed by atoms with Crippen LogP contribution >= 0.6 is 0 Å². The van der Waals surface area contributed by atoms with Gasteiger partial charge in [-0.2, -0.15) is 0 Å². The van der Waals surface area contributed by atoms with Crippen LogP contribution in [-0.4, -0.2) is 50.6 Å². The summed E-state index contributed by atoms with van der Waals surface area (Å²) in [6.07, 6.45) is -0.724. The molecule has 1 amide bonds. The maximum absolute atomic E-state index is 11.8. The number of nitro benzene ring substituents is 1. The zero-order valence-corrected chi connectivity index (χ0v) is 12.6. The number of morpholine rings is 1. The van der Waals surface area contributed by atoms with Crippen molar-refractivity contribution in [2.45, 2.75) is 4.90 Å². The Hall–Kier alpha value is -2.44. The van der Waals surface area contributed by atoms with E-state index < -0.39 is 31.6 Å². The average molecular weight is 346 g/mol. The standard InChI is InChI=1S/C11H14N4O7S/c12-23(19,20)8-1-2-9(10(7-8)15(17)18)13-22-11(16)14-3-5-21-6-4-14/h1-2,7,13H,3-6H2,(H2,12,19,20). The first kappa shape index (κ1) is 16.9. The lowest BCUT2D eigenvalue weighted by Gasteiger charge is -2.25. The number of ether oxygens (including phenoxy) is 1. The molecule has 12 heteroatoms. The van der Waals surface area contributed by atoms with Crippen molar-refractivity contribution in [3.05, 3.63) is 28.3 Å². The molecular weight excluding hydrogens is 332 g/mol. The summed E-state index contributed by atoms with van der Waals surface area (Å²) in [5.41, 5.74) is 1.39. The SMILES string of the molecule is NS(=O)(=O)c1ccc(NOC(=O)N2CCOCC2)c([N+](=O)[O-])c1. The maximum Gasteiger partial charge on any atom is 0.434 e. The van der Waals surface area contributed by atoms with Gasteiger partial charge >= 0.3 is 6.09 Å². The smallest absolute Gasteiger partial charge is 0.378 e. The molecule has 1 aromatic carbocycles. The number of hydrogen-bond donors (Lipinski definition) is 2. The first-order chi connectivity index (χ1) is 10.8. The van der Waals surface area contributed by atoms with Crippen LogP contribution in [0.25, 0.3) is 0 Å². The van der Waals surface area contributed by atoms with E-state index in [2.05, 4.69) is 5.48 Å². The number of carbonyl (C=O) groups is 1. The number of nitro groups is 1. The van der Waals surface area contributed by atoms with E-state index in [1.807, 2.05) is 0 Å². The predicted molar refractivity (Wildman–Crippen MR) is 77.0 cm³/mol. The van der Waals surface area contributed by atoms with E-state index in [0.29, 0.717) is 26.3 Å². The molecular formula is C11H14N4O7S. The molecule has 23 heavy (non-hydrogen) atoms. The van der Waals surface area contributed by atoms with Crippen LogP contribution in [0.2, 0.25) is 0 Å². The second-order valence-electron chi connectivity index (χ2n) is 4.55. The zero-order chi connectivity index (χ0) is 17.0. The van der Waals surface area contributed by atoms with Crippen molar-refractivity contribution in [2.75, 3.05) is 31.8 Å². The summed E-state index contributed by atoms with van der Waals surface area (Å²) in [6.45, 7) is 1.43. The minimum Gasteiger partial charge on any atom is -0.378 e. The molecule has 1 aliphatic heterocycles. The lowest BCUT2D eigenvalue weighted by Crippen LogP contribution is -2.41. The molecule has 1 aromatic rings.